The zero-order chi connectivity index (χ0) is 18.0. The summed E-state index contributed by atoms with van der Waals surface area (Å²) in [5.74, 6) is 0.594. The molecule has 0 radical (unpaired) electrons. The van der Waals surface area contributed by atoms with Crippen LogP contribution in [0.2, 0.25) is 0 Å². The fourth-order valence-corrected chi connectivity index (χ4v) is 4.10. The molecule has 2 aromatic carbocycles. The van der Waals surface area contributed by atoms with Crippen molar-refractivity contribution in [3.05, 3.63) is 80.5 Å². The van der Waals surface area contributed by atoms with Crippen molar-refractivity contribution < 1.29 is 4.79 Å². The van der Waals surface area contributed by atoms with Crippen LogP contribution in [-0.4, -0.2) is 16.1 Å². The molecule has 2 nitrogen and oxygen atoms in total. The summed E-state index contributed by atoms with van der Waals surface area (Å²) in [5.41, 5.74) is 3.92. The molecule has 0 amide bonds. The summed E-state index contributed by atoms with van der Waals surface area (Å²) in [6.45, 7) is 4.04. The average Bonchev–Trinajstić information content (AvgIpc) is 2.90. The van der Waals surface area contributed by atoms with Gasteiger partial charge in [-0.25, -0.2) is 0 Å². The third-order valence-electron chi connectivity index (χ3n) is 4.00. The van der Waals surface area contributed by atoms with Gasteiger partial charge in [-0.3, -0.25) is 4.79 Å². The zero-order valence-corrected chi connectivity index (χ0v) is 17.9. The minimum absolute atomic E-state index is 0.157. The third-order valence-corrected chi connectivity index (χ3v) is 6.07. The molecule has 3 rings (SSSR count). The van der Waals surface area contributed by atoms with Crippen LogP contribution in [0, 0.1) is 13.8 Å². The van der Waals surface area contributed by atoms with Crippen molar-refractivity contribution in [2.75, 3.05) is 5.75 Å². The second kappa shape index (κ2) is 7.94. The Kier molecular flexibility index (Phi) is 5.87. The van der Waals surface area contributed by atoms with Gasteiger partial charge < -0.3 is 4.57 Å². The Balaban J connectivity index is 1.80. The number of benzene rings is 2. The van der Waals surface area contributed by atoms with E-state index < -0.39 is 0 Å². The predicted octanol–water partition coefficient (Wildman–Crippen LogP) is 6.59. The first-order valence-corrected chi connectivity index (χ1v) is 10.4. The van der Waals surface area contributed by atoms with Crippen molar-refractivity contribution in [1.29, 1.82) is 0 Å². The molecular formula is C20H17Br2NOS. The SMILES string of the molecule is Cc1cc(C(=O)CSc2ccc(Br)cc2)c(C)n1-c1ccc(Br)cc1. The number of rotatable bonds is 5. The van der Waals surface area contributed by atoms with Crippen LogP contribution < -0.4 is 0 Å². The molecule has 0 aliphatic carbocycles. The van der Waals surface area contributed by atoms with Gasteiger partial charge in [0.25, 0.3) is 0 Å². The normalized spacial score (nSPS) is 10.9. The van der Waals surface area contributed by atoms with Crippen molar-refractivity contribution >= 4 is 49.4 Å². The van der Waals surface area contributed by atoms with E-state index in [2.05, 4.69) is 48.6 Å². The number of ketones is 1. The minimum atomic E-state index is 0.157. The molecule has 0 fully saturated rings. The van der Waals surface area contributed by atoms with Crippen LogP contribution in [-0.2, 0) is 0 Å². The van der Waals surface area contributed by atoms with Crippen LogP contribution in [0.25, 0.3) is 5.69 Å². The van der Waals surface area contributed by atoms with Crippen molar-refractivity contribution in [3.8, 4) is 5.69 Å². The molecule has 3 aromatic rings. The summed E-state index contributed by atoms with van der Waals surface area (Å²) < 4.78 is 4.21. The van der Waals surface area contributed by atoms with E-state index in [0.717, 1.165) is 36.5 Å². The lowest BCUT2D eigenvalue weighted by atomic mass is 10.2. The molecule has 0 unspecified atom stereocenters. The van der Waals surface area contributed by atoms with Crippen LogP contribution in [0.3, 0.4) is 0 Å². The quantitative estimate of drug-likeness (QED) is 0.304. The van der Waals surface area contributed by atoms with Gasteiger partial charge in [0, 0.05) is 36.5 Å². The van der Waals surface area contributed by atoms with E-state index in [4.69, 9.17) is 0 Å². The van der Waals surface area contributed by atoms with E-state index in [-0.39, 0.29) is 5.78 Å². The Bertz CT molecular complexity index is 899. The maximum Gasteiger partial charge on any atom is 0.174 e. The Hall–Kier alpha value is -1.30. The molecular weight excluding hydrogens is 462 g/mol. The summed E-state index contributed by atoms with van der Waals surface area (Å²) in [7, 11) is 0. The van der Waals surface area contributed by atoms with Crippen molar-refractivity contribution in [2.24, 2.45) is 0 Å². The first kappa shape index (κ1) is 18.5. The van der Waals surface area contributed by atoms with Crippen molar-refractivity contribution in [2.45, 2.75) is 18.7 Å². The topological polar surface area (TPSA) is 22.0 Å². The van der Waals surface area contributed by atoms with E-state index in [1.165, 1.54) is 0 Å². The van der Waals surface area contributed by atoms with Crippen LogP contribution in [0.5, 0.6) is 0 Å². The summed E-state index contributed by atoms with van der Waals surface area (Å²) in [4.78, 5) is 13.8. The highest BCUT2D eigenvalue weighted by molar-refractivity contribution is 9.10. The summed E-state index contributed by atoms with van der Waals surface area (Å²) in [5, 5.41) is 0. The van der Waals surface area contributed by atoms with Gasteiger partial charge in [-0.15, -0.1) is 11.8 Å². The minimum Gasteiger partial charge on any atom is -0.318 e. The number of nitrogens with zero attached hydrogens (tertiary/aromatic N) is 1. The number of Topliss-reactive ketones (excluding diaryl/α,β-unsaturated/α-hetero) is 1. The van der Waals surface area contributed by atoms with Crippen LogP contribution in [0.15, 0.2) is 68.4 Å². The molecule has 1 aromatic heterocycles. The first-order valence-electron chi connectivity index (χ1n) is 7.82. The number of aryl methyl sites for hydroxylation is 1. The van der Waals surface area contributed by atoms with Crippen LogP contribution >= 0.6 is 43.6 Å². The maximum absolute atomic E-state index is 12.7. The van der Waals surface area contributed by atoms with Gasteiger partial charge in [-0.2, -0.15) is 0 Å². The smallest absolute Gasteiger partial charge is 0.174 e. The van der Waals surface area contributed by atoms with Crippen LogP contribution in [0.4, 0.5) is 0 Å². The molecule has 25 heavy (non-hydrogen) atoms. The van der Waals surface area contributed by atoms with E-state index >= 15 is 0 Å². The highest BCUT2D eigenvalue weighted by Gasteiger charge is 2.16. The van der Waals surface area contributed by atoms with Gasteiger partial charge in [-0.1, -0.05) is 31.9 Å². The highest BCUT2D eigenvalue weighted by Crippen LogP contribution is 2.26. The fraction of sp³-hybridized carbons (Fsp3) is 0.150. The Labute approximate surface area is 168 Å². The van der Waals surface area contributed by atoms with Gasteiger partial charge in [0.05, 0.1) is 5.75 Å². The number of carbonyl (C=O) groups is 1. The largest absolute Gasteiger partial charge is 0.318 e. The van der Waals surface area contributed by atoms with Crippen molar-refractivity contribution in [3.63, 3.8) is 0 Å². The Morgan fingerprint density at radius 2 is 1.52 bits per heavy atom. The molecule has 128 valence electrons. The number of hydrogen-bond acceptors (Lipinski definition) is 2. The molecule has 1 heterocycles. The van der Waals surface area contributed by atoms with E-state index in [1.807, 2.05) is 56.3 Å². The lowest BCUT2D eigenvalue weighted by Crippen LogP contribution is -2.05. The van der Waals surface area contributed by atoms with Gasteiger partial charge in [0.1, 0.15) is 0 Å². The second-order valence-corrected chi connectivity index (χ2v) is 8.64. The highest BCUT2D eigenvalue weighted by atomic mass is 79.9. The number of carbonyl (C=O) groups excluding carboxylic acids is 1. The molecule has 0 saturated heterocycles. The molecule has 0 spiro atoms. The zero-order valence-electron chi connectivity index (χ0n) is 13.9. The molecule has 0 atom stereocenters. The Morgan fingerprint density at radius 3 is 2.12 bits per heavy atom. The van der Waals surface area contributed by atoms with Gasteiger partial charge in [0.15, 0.2) is 5.78 Å². The summed E-state index contributed by atoms with van der Waals surface area (Å²) >= 11 is 8.46. The van der Waals surface area contributed by atoms with Crippen LogP contribution in [0.1, 0.15) is 21.7 Å². The molecule has 0 aliphatic heterocycles. The molecule has 0 saturated carbocycles. The lowest BCUT2D eigenvalue weighted by molar-refractivity contribution is 0.102. The van der Waals surface area contributed by atoms with E-state index in [0.29, 0.717) is 5.75 Å². The predicted molar refractivity (Wildman–Crippen MR) is 112 cm³/mol. The average molecular weight is 479 g/mol. The molecule has 0 N–H and O–H groups in total. The van der Waals surface area contributed by atoms with Gasteiger partial charge in [-0.05, 0) is 68.4 Å². The number of aromatic nitrogens is 1. The number of thioether (sulfide) groups is 1. The van der Waals surface area contributed by atoms with Gasteiger partial charge >= 0.3 is 0 Å². The monoisotopic (exact) mass is 477 g/mol. The fourth-order valence-electron chi connectivity index (χ4n) is 2.79. The lowest BCUT2D eigenvalue weighted by Gasteiger charge is -2.10. The summed E-state index contributed by atoms with van der Waals surface area (Å²) in [6.07, 6.45) is 0. The molecule has 5 heteroatoms. The molecule has 0 bridgehead atoms. The standard InChI is InChI=1S/C20H17Br2NOS/c1-13-11-19(14(2)23(13)17-7-3-15(21)4-8-17)20(24)12-25-18-9-5-16(22)6-10-18/h3-11H,12H2,1-2H3. The van der Waals surface area contributed by atoms with E-state index in [1.54, 1.807) is 11.8 Å². The third kappa shape index (κ3) is 4.27. The van der Waals surface area contributed by atoms with Crippen molar-refractivity contribution in [1.82, 2.24) is 4.57 Å². The van der Waals surface area contributed by atoms with E-state index in [9.17, 15) is 4.79 Å². The van der Waals surface area contributed by atoms with Gasteiger partial charge in [0.2, 0.25) is 0 Å². The molecule has 0 aliphatic rings. The summed E-state index contributed by atoms with van der Waals surface area (Å²) in [6, 6.07) is 18.1. The first-order chi connectivity index (χ1) is 12.0. The Morgan fingerprint density at radius 1 is 0.960 bits per heavy atom. The second-order valence-electron chi connectivity index (χ2n) is 5.76. The maximum atomic E-state index is 12.7. The number of hydrogen-bond donors (Lipinski definition) is 0. The number of halogens is 2.